The van der Waals surface area contributed by atoms with Crippen molar-refractivity contribution in [2.45, 2.75) is 26.0 Å². The zero-order valence-electron chi connectivity index (χ0n) is 15.4. The highest BCUT2D eigenvalue weighted by Gasteiger charge is 2.27. The quantitative estimate of drug-likeness (QED) is 0.392. The van der Waals surface area contributed by atoms with Gasteiger partial charge in [0.2, 0.25) is 0 Å². The molecule has 2 atom stereocenters. The number of nitrogens with one attached hydrogen (secondary N) is 1. The fourth-order valence-electron chi connectivity index (χ4n) is 2.32. The topological polar surface area (TPSA) is 141 Å². The maximum Gasteiger partial charge on any atom is 0.469 e. The van der Waals surface area contributed by atoms with E-state index < -0.39 is 32.5 Å². The summed E-state index contributed by atoms with van der Waals surface area (Å²) in [6, 6.07) is 12.8. The van der Waals surface area contributed by atoms with Crippen LogP contribution in [-0.4, -0.2) is 39.6 Å². The molecule has 0 aliphatic rings. The van der Waals surface area contributed by atoms with Crippen molar-refractivity contribution in [1.29, 1.82) is 0 Å². The van der Waals surface area contributed by atoms with Crippen molar-refractivity contribution in [2.24, 2.45) is 10.2 Å². The molecular weight excluding hydrogens is 385 g/mol. The second-order valence-electron chi connectivity index (χ2n) is 6.10. The Morgan fingerprint density at radius 1 is 1.14 bits per heavy atom. The van der Waals surface area contributed by atoms with Crippen molar-refractivity contribution < 1.29 is 28.8 Å². The van der Waals surface area contributed by atoms with E-state index in [1.165, 1.54) is 19.1 Å². The maximum atomic E-state index is 12.3. The van der Waals surface area contributed by atoms with E-state index in [4.69, 9.17) is 9.79 Å². The first-order valence-corrected chi connectivity index (χ1v) is 9.96. The fourth-order valence-corrected chi connectivity index (χ4v) is 2.90. The molecular formula is C18H22N3O6P. The molecule has 0 heterocycles. The van der Waals surface area contributed by atoms with Gasteiger partial charge in [-0.2, -0.15) is 10.2 Å². The van der Waals surface area contributed by atoms with Gasteiger partial charge in [-0.15, -0.1) is 0 Å². The van der Waals surface area contributed by atoms with E-state index in [1.54, 1.807) is 12.1 Å². The highest BCUT2D eigenvalue weighted by atomic mass is 31.2. The Kier molecular flexibility index (Phi) is 7.56. The highest BCUT2D eigenvalue weighted by molar-refractivity contribution is 7.46. The van der Waals surface area contributed by atoms with Gasteiger partial charge in [0.25, 0.3) is 5.91 Å². The van der Waals surface area contributed by atoms with E-state index in [0.717, 1.165) is 11.3 Å². The molecule has 2 aromatic rings. The van der Waals surface area contributed by atoms with E-state index >= 15 is 0 Å². The average Bonchev–Trinajstić information content (AvgIpc) is 2.64. The Bertz CT molecular complexity index is 881. The van der Waals surface area contributed by atoms with E-state index in [2.05, 4.69) is 20.1 Å². The lowest BCUT2D eigenvalue weighted by atomic mass is 10.1. The second kappa shape index (κ2) is 9.68. The molecule has 150 valence electrons. The Hall–Kier alpha value is -2.42. The van der Waals surface area contributed by atoms with Crippen LogP contribution in [0.2, 0.25) is 0 Å². The SMILES string of the molecule is Cc1ccccc1N=Nc1ccc(C(=O)N[C@H](CO)[C@@H](C)OP(=O)(O)O)cc1. The molecule has 0 spiro atoms. The van der Waals surface area contributed by atoms with Gasteiger partial charge in [0.15, 0.2) is 0 Å². The van der Waals surface area contributed by atoms with Crippen LogP contribution in [0.1, 0.15) is 22.8 Å². The van der Waals surface area contributed by atoms with E-state index in [0.29, 0.717) is 5.69 Å². The van der Waals surface area contributed by atoms with Gasteiger partial charge in [-0.3, -0.25) is 9.32 Å². The van der Waals surface area contributed by atoms with Gasteiger partial charge in [-0.1, -0.05) is 18.2 Å². The Labute approximate surface area is 162 Å². The normalized spacial score (nSPS) is 14.0. The van der Waals surface area contributed by atoms with Gasteiger partial charge in [0, 0.05) is 5.56 Å². The summed E-state index contributed by atoms with van der Waals surface area (Å²) >= 11 is 0. The fraction of sp³-hybridized carbons (Fsp3) is 0.278. The van der Waals surface area contributed by atoms with Crippen molar-refractivity contribution in [3.8, 4) is 0 Å². The number of azo groups is 1. The number of phosphoric acid groups is 1. The summed E-state index contributed by atoms with van der Waals surface area (Å²) in [6.45, 7) is 2.72. The third-order valence-corrected chi connectivity index (χ3v) is 4.51. The van der Waals surface area contributed by atoms with Crippen LogP contribution in [0, 0.1) is 6.92 Å². The second-order valence-corrected chi connectivity index (χ2v) is 7.29. The van der Waals surface area contributed by atoms with Crippen molar-refractivity contribution in [1.82, 2.24) is 5.32 Å². The zero-order valence-corrected chi connectivity index (χ0v) is 16.3. The number of aliphatic hydroxyl groups excluding tert-OH is 1. The molecule has 0 bridgehead atoms. The molecule has 2 rings (SSSR count). The van der Waals surface area contributed by atoms with Gasteiger partial charge in [-0.25, -0.2) is 4.57 Å². The zero-order chi connectivity index (χ0) is 20.7. The van der Waals surface area contributed by atoms with Gasteiger partial charge in [0.1, 0.15) is 0 Å². The summed E-state index contributed by atoms with van der Waals surface area (Å²) in [4.78, 5) is 30.0. The highest BCUT2D eigenvalue weighted by Crippen LogP contribution is 2.38. The molecule has 4 N–H and O–H groups in total. The third kappa shape index (κ3) is 6.63. The van der Waals surface area contributed by atoms with Crippen LogP contribution in [0.15, 0.2) is 58.8 Å². The maximum absolute atomic E-state index is 12.3. The monoisotopic (exact) mass is 407 g/mol. The van der Waals surface area contributed by atoms with Gasteiger partial charge >= 0.3 is 7.82 Å². The van der Waals surface area contributed by atoms with Gasteiger partial charge < -0.3 is 20.2 Å². The van der Waals surface area contributed by atoms with Gasteiger partial charge in [0.05, 0.1) is 30.1 Å². The van der Waals surface area contributed by atoms with Crippen molar-refractivity contribution in [2.75, 3.05) is 6.61 Å². The number of rotatable bonds is 8. The molecule has 0 aromatic heterocycles. The molecule has 0 unspecified atom stereocenters. The van der Waals surface area contributed by atoms with Crippen LogP contribution in [-0.2, 0) is 9.09 Å². The lowest BCUT2D eigenvalue weighted by Crippen LogP contribution is -2.45. The summed E-state index contributed by atoms with van der Waals surface area (Å²) in [5.41, 5.74) is 2.58. The number of aliphatic hydroxyl groups is 1. The van der Waals surface area contributed by atoms with Crippen LogP contribution in [0.4, 0.5) is 11.4 Å². The molecule has 2 aromatic carbocycles. The van der Waals surface area contributed by atoms with Gasteiger partial charge in [-0.05, 0) is 49.7 Å². The smallest absolute Gasteiger partial charge is 0.394 e. The molecule has 0 fully saturated rings. The van der Waals surface area contributed by atoms with Crippen molar-refractivity contribution in [3.05, 3.63) is 59.7 Å². The molecule has 0 saturated carbocycles. The van der Waals surface area contributed by atoms with Crippen molar-refractivity contribution in [3.63, 3.8) is 0 Å². The van der Waals surface area contributed by atoms with E-state index in [1.807, 2.05) is 31.2 Å². The Morgan fingerprint density at radius 3 is 2.36 bits per heavy atom. The number of hydrogen-bond acceptors (Lipinski definition) is 6. The minimum Gasteiger partial charge on any atom is -0.394 e. The number of hydrogen-bond donors (Lipinski definition) is 4. The predicted octanol–water partition coefficient (Wildman–Crippen LogP) is 3.00. The summed E-state index contributed by atoms with van der Waals surface area (Å²) in [7, 11) is -4.73. The van der Waals surface area contributed by atoms with Crippen LogP contribution in [0.25, 0.3) is 0 Å². The first-order valence-electron chi connectivity index (χ1n) is 8.42. The summed E-state index contributed by atoms with van der Waals surface area (Å²) in [6.07, 6.45) is -1.09. The number of phosphoric ester groups is 1. The first kappa shape index (κ1) is 21.9. The molecule has 0 aliphatic heterocycles. The largest absolute Gasteiger partial charge is 0.469 e. The predicted molar refractivity (Wildman–Crippen MR) is 103 cm³/mol. The number of benzene rings is 2. The number of aryl methyl sites for hydroxylation is 1. The van der Waals surface area contributed by atoms with Crippen LogP contribution >= 0.6 is 7.82 Å². The van der Waals surface area contributed by atoms with E-state index in [-0.39, 0.29) is 5.56 Å². The summed E-state index contributed by atoms with van der Waals surface area (Å²) in [5.74, 6) is -0.525. The third-order valence-electron chi connectivity index (χ3n) is 3.90. The number of carbonyl (C=O) groups excluding carboxylic acids is 1. The molecule has 28 heavy (non-hydrogen) atoms. The number of nitrogens with zero attached hydrogens (tertiary/aromatic N) is 2. The molecule has 0 saturated heterocycles. The average molecular weight is 407 g/mol. The number of amides is 1. The standard InChI is InChI=1S/C18H22N3O6P/c1-12-5-3-4-6-16(12)21-20-15-9-7-14(8-10-15)18(23)19-17(11-22)13(2)27-28(24,25)26/h3-10,13,17,22H,11H2,1-2H3,(H,19,23)(H2,24,25,26)/t13-,17-/m1/s1. The molecule has 10 heteroatoms. The summed E-state index contributed by atoms with van der Waals surface area (Å²) in [5, 5.41) is 20.1. The Morgan fingerprint density at radius 2 is 1.79 bits per heavy atom. The summed E-state index contributed by atoms with van der Waals surface area (Å²) < 4.78 is 15.4. The molecule has 0 aliphatic carbocycles. The van der Waals surface area contributed by atoms with Crippen LogP contribution in [0.3, 0.4) is 0 Å². The van der Waals surface area contributed by atoms with Crippen LogP contribution < -0.4 is 5.32 Å². The molecule has 9 nitrogen and oxygen atoms in total. The van der Waals surface area contributed by atoms with Crippen molar-refractivity contribution >= 4 is 25.1 Å². The van der Waals surface area contributed by atoms with Crippen LogP contribution in [0.5, 0.6) is 0 Å². The minimum absolute atomic E-state index is 0.289. The number of carbonyl (C=O) groups is 1. The lowest BCUT2D eigenvalue weighted by molar-refractivity contribution is 0.0710. The first-order chi connectivity index (χ1) is 13.2. The van der Waals surface area contributed by atoms with E-state index in [9.17, 15) is 14.5 Å². The molecule has 0 radical (unpaired) electrons. The molecule has 1 amide bonds. The minimum atomic E-state index is -4.73. The lowest BCUT2D eigenvalue weighted by Gasteiger charge is -2.23. The Balaban J connectivity index is 2.02.